The number of aromatic nitrogens is 1. The molecule has 0 bridgehead atoms. The molecule has 7 heteroatoms. The van der Waals surface area contributed by atoms with Crippen molar-refractivity contribution in [1.82, 2.24) is 4.98 Å². The van der Waals surface area contributed by atoms with Crippen LogP contribution in [0, 0.1) is 28.4 Å². The van der Waals surface area contributed by atoms with Crippen LogP contribution in [0.1, 0.15) is 15.6 Å². The highest BCUT2D eigenvalue weighted by Gasteiger charge is 2.10. The third-order valence-electron chi connectivity index (χ3n) is 3.22. The molecule has 0 atom stereocenters. The van der Waals surface area contributed by atoms with E-state index in [2.05, 4.69) is 11.1 Å². The van der Waals surface area contributed by atoms with Gasteiger partial charge in [-0.15, -0.1) is 22.7 Å². The molecule has 5 nitrogen and oxygen atoms in total. The lowest BCUT2D eigenvalue weighted by atomic mass is 10.1. The number of allylic oxidation sites excluding steroid dienone is 1. The number of benzene rings is 1. The molecular formula is C17H11N3O2S2. The first-order chi connectivity index (χ1) is 11.6. The second kappa shape index (κ2) is 6.74. The first-order valence-electron chi connectivity index (χ1n) is 6.96. The molecule has 0 saturated heterocycles. The van der Waals surface area contributed by atoms with Gasteiger partial charge in [0.05, 0.1) is 10.5 Å². The highest BCUT2D eigenvalue weighted by Crippen LogP contribution is 2.32. The average Bonchev–Trinajstić information content (AvgIpc) is 3.21. The molecule has 2 aromatic heterocycles. The highest BCUT2D eigenvalue weighted by molar-refractivity contribution is 7.16. The van der Waals surface area contributed by atoms with E-state index >= 15 is 0 Å². The summed E-state index contributed by atoms with van der Waals surface area (Å²) in [7, 11) is 0. The maximum atomic E-state index is 10.9. The molecule has 0 aliphatic carbocycles. The van der Waals surface area contributed by atoms with Crippen LogP contribution in [0.3, 0.4) is 0 Å². The van der Waals surface area contributed by atoms with E-state index in [4.69, 9.17) is 0 Å². The molecule has 0 radical (unpaired) electrons. The van der Waals surface area contributed by atoms with E-state index in [1.165, 1.54) is 28.7 Å². The van der Waals surface area contributed by atoms with Crippen molar-refractivity contribution < 1.29 is 4.92 Å². The number of nitro benzene ring substituents is 1. The van der Waals surface area contributed by atoms with Crippen LogP contribution in [-0.2, 0) is 0 Å². The lowest BCUT2D eigenvalue weighted by molar-refractivity contribution is -0.384. The zero-order chi connectivity index (χ0) is 17.1. The first kappa shape index (κ1) is 16.1. The minimum absolute atomic E-state index is 0.0639. The van der Waals surface area contributed by atoms with Gasteiger partial charge in [-0.05, 0) is 30.7 Å². The number of thiophene rings is 1. The van der Waals surface area contributed by atoms with Crippen molar-refractivity contribution in [3.63, 3.8) is 0 Å². The van der Waals surface area contributed by atoms with Gasteiger partial charge in [-0.1, -0.05) is 12.1 Å². The molecular weight excluding hydrogens is 342 g/mol. The zero-order valence-corrected chi connectivity index (χ0v) is 14.2. The largest absolute Gasteiger partial charge is 0.270 e. The molecule has 0 amide bonds. The fourth-order valence-corrected chi connectivity index (χ4v) is 3.83. The molecule has 0 N–H and O–H groups in total. The standard InChI is InChI=1S/C17H11N3O2S2/c1-11-10-23-17(19-11)13(9-18)8-15-5-6-16(24-15)12-3-2-4-14(7-12)20(21)22/h2-8,10H,1H3/b13-8-. The van der Waals surface area contributed by atoms with Crippen LogP contribution in [0.25, 0.3) is 22.1 Å². The normalized spacial score (nSPS) is 11.2. The summed E-state index contributed by atoms with van der Waals surface area (Å²) in [5, 5.41) is 22.8. The SMILES string of the molecule is Cc1csc(/C(C#N)=C\c2ccc(-c3cccc([N+](=O)[O-])c3)s2)n1. The van der Waals surface area contributed by atoms with Crippen molar-refractivity contribution in [2.75, 3.05) is 0 Å². The second-order valence-corrected chi connectivity index (χ2v) is 6.95. The molecule has 1 aromatic carbocycles. The minimum atomic E-state index is -0.406. The van der Waals surface area contributed by atoms with Crippen molar-refractivity contribution in [3.8, 4) is 16.5 Å². The molecule has 3 aromatic rings. The monoisotopic (exact) mass is 353 g/mol. The Bertz CT molecular complexity index is 980. The zero-order valence-electron chi connectivity index (χ0n) is 12.6. The maximum absolute atomic E-state index is 10.9. The van der Waals surface area contributed by atoms with Crippen LogP contribution < -0.4 is 0 Å². The number of non-ortho nitro benzene ring substituents is 1. The predicted molar refractivity (Wildman–Crippen MR) is 96.7 cm³/mol. The van der Waals surface area contributed by atoms with Gasteiger partial charge in [0.25, 0.3) is 5.69 Å². The van der Waals surface area contributed by atoms with Gasteiger partial charge in [-0.25, -0.2) is 4.98 Å². The fourth-order valence-electron chi connectivity index (χ4n) is 2.12. The molecule has 3 rings (SSSR count). The molecule has 24 heavy (non-hydrogen) atoms. The van der Waals surface area contributed by atoms with E-state index in [1.54, 1.807) is 18.2 Å². The highest BCUT2D eigenvalue weighted by atomic mass is 32.1. The predicted octanol–water partition coefficient (Wildman–Crippen LogP) is 5.15. The number of aryl methyl sites for hydroxylation is 1. The third-order valence-corrected chi connectivity index (χ3v) is 5.30. The van der Waals surface area contributed by atoms with E-state index in [0.717, 1.165) is 21.0 Å². The van der Waals surface area contributed by atoms with E-state index < -0.39 is 4.92 Å². The Hall–Kier alpha value is -2.82. The summed E-state index contributed by atoms with van der Waals surface area (Å²) in [6.45, 7) is 1.89. The van der Waals surface area contributed by atoms with E-state index in [9.17, 15) is 15.4 Å². The van der Waals surface area contributed by atoms with Crippen LogP contribution in [0.5, 0.6) is 0 Å². The van der Waals surface area contributed by atoms with Crippen molar-refractivity contribution in [3.05, 3.63) is 67.5 Å². The Labute approximate surface area is 146 Å². The summed E-state index contributed by atoms with van der Waals surface area (Å²) in [5.41, 5.74) is 2.26. The lowest BCUT2D eigenvalue weighted by Gasteiger charge is -1.97. The maximum Gasteiger partial charge on any atom is 0.270 e. The first-order valence-corrected chi connectivity index (χ1v) is 8.65. The average molecular weight is 353 g/mol. The Morgan fingerprint density at radius 1 is 1.38 bits per heavy atom. The number of nitrogens with zero attached hydrogens (tertiary/aromatic N) is 3. The van der Waals surface area contributed by atoms with Crippen LogP contribution in [0.2, 0.25) is 0 Å². The van der Waals surface area contributed by atoms with Crippen LogP contribution in [-0.4, -0.2) is 9.91 Å². The Morgan fingerprint density at radius 3 is 2.88 bits per heavy atom. The van der Waals surface area contributed by atoms with Gasteiger partial charge < -0.3 is 0 Å². The van der Waals surface area contributed by atoms with Gasteiger partial charge in [0.1, 0.15) is 11.1 Å². The molecule has 0 aliphatic heterocycles. The summed E-state index contributed by atoms with van der Waals surface area (Å²) in [6, 6.07) is 12.5. The molecule has 2 heterocycles. The Morgan fingerprint density at radius 2 is 2.21 bits per heavy atom. The second-order valence-electron chi connectivity index (χ2n) is 4.97. The number of thiazole rings is 1. The van der Waals surface area contributed by atoms with E-state index in [1.807, 2.05) is 30.5 Å². The van der Waals surface area contributed by atoms with Crippen molar-refractivity contribution in [2.24, 2.45) is 0 Å². The van der Waals surface area contributed by atoms with Crippen molar-refractivity contribution in [1.29, 1.82) is 5.26 Å². The molecule has 0 fully saturated rings. The fraction of sp³-hybridized carbons (Fsp3) is 0.0588. The molecule has 118 valence electrons. The number of nitro groups is 1. The van der Waals surface area contributed by atoms with Gasteiger partial charge in [0.2, 0.25) is 0 Å². The number of hydrogen-bond acceptors (Lipinski definition) is 6. The van der Waals surface area contributed by atoms with Crippen molar-refractivity contribution in [2.45, 2.75) is 6.92 Å². The minimum Gasteiger partial charge on any atom is -0.258 e. The topological polar surface area (TPSA) is 79.8 Å². The summed E-state index contributed by atoms with van der Waals surface area (Å²) < 4.78 is 0. The van der Waals surface area contributed by atoms with Crippen LogP contribution in [0.4, 0.5) is 5.69 Å². The van der Waals surface area contributed by atoms with Crippen LogP contribution in [0.15, 0.2) is 41.8 Å². The Balaban J connectivity index is 1.93. The summed E-state index contributed by atoms with van der Waals surface area (Å²) >= 11 is 2.92. The third kappa shape index (κ3) is 3.40. The number of hydrogen-bond donors (Lipinski definition) is 0. The van der Waals surface area contributed by atoms with E-state index in [-0.39, 0.29) is 5.69 Å². The summed E-state index contributed by atoms with van der Waals surface area (Å²) in [6.07, 6.45) is 1.80. The molecule has 0 saturated carbocycles. The number of rotatable bonds is 4. The van der Waals surface area contributed by atoms with Crippen molar-refractivity contribution >= 4 is 40.0 Å². The van der Waals surface area contributed by atoms with Gasteiger partial charge in [0, 0.05) is 33.0 Å². The Kier molecular flexibility index (Phi) is 4.51. The summed E-state index contributed by atoms with van der Waals surface area (Å²) in [5.74, 6) is 0. The smallest absolute Gasteiger partial charge is 0.258 e. The van der Waals surface area contributed by atoms with Gasteiger partial charge in [-0.2, -0.15) is 5.26 Å². The molecule has 0 unspecified atom stereocenters. The molecule has 0 aliphatic rings. The molecule has 0 spiro atoms. The van der Waals surface area contributed by atoms with Gasteiger partial charge in [-0.3, -0.25) is 10.1 Å². The number of nitriles is 1. The van der Waals surface area contributed by atoms with Gasteiger partial charge in [0.15, 0.2) is 0 Å². The lowest BCUT2D eigenvalue weighted by Crippen LogP contribution is -1.87. The van der Waals surface area contributed by atoms with E-state index in [0.29, 0.717) is 10.6 Å². The van der Waals surface area contributed by atoms with Gasteiger partial charge >= 0.3 is 0 Å². The summed E-state index contributed by atoms with van der Waals surface area (Å²) in [4.78, 5) is 16.6. The quantitative estimate of drug-likeness (QED) is 0.369. The van der Waals surface area contributed by atoms with Crippen LogP contribution >= 0.6 is 22.7 Å².